The first-order chi connectivity index (χ1) is 23.4. The zero-order valence-electron chi connectivity index (χ0n) is 33.4. The van der Waals surface area contributed by atoms with Gasteiger partial charge in [0.1, 0.15) is 0 Å². The summed E-state index contributed by atoms with van der Waals surface area (Å²) in [4.78, 5) is 0. The van der Waals surface area contributed by atoms with Gasteiger partial charge >= 0.3 is 0 Å². The molecular formula is C45H86NO2+. The van der Waals surface area contributed by atoms with Crippen LogP contribution in [0.5, 0.6) is 0 Å². The Kier molecular flexibility index (Phi) is 25.4. The summed E-state index contributed by atoms with van der Waals surface area (Å²) in [6.07, 6.45) is 53.0. The SMILES string of the molecule is CCCCC/C=C\C/C=C\CCCCCCCCC1(CCCCCCCCCCCCCCCCCC)O[C@H]2CC([N+](C)(C)C)C[C@H]2O1. The monoisotopic (exact) mass is 673 g/mol. The highest BCUT2D eigenvalue weighted by molar-refractivity contribution is 4.95. The number of fused-ring (bicyclic) bond motifs is 1. The fraction of sp³-hybridized carbons (Fsp3) is 0.911. The number of rotatable bonds is 33. The van der Waals surface area contributed by atoms with Crippen LogP contribution in [0, 0.1) is 0 Å². The first kappa shape index (κ1) is 43.5. The van der Waals surface area contributed by atoms with Crippen molar-refractivity contribution in [2.75, 3.05) is 21.1 Å². The van der Waals surface area contributed by atoms with Gasteiger partial charge in [0.05, 0.1) is 39.4 Å². The van der Waals surface area contributed by atoms with Gasteiger partial charge in [-0.3, -0.25) is 0 Å². The van der Waals surface area contributed by atoms with Crippen molar-refractivity contribution in [1.82, 2.24) is 0 Å². The summed E-state index contributed by atoms with van der Waals surface area (Å²) in [7, 11) is 7.00. The van der Waals surface area contributed by atoms with Gasteiger partial charge in [0.2, 0.25) is 0 Å². The van der Waals surface area contributed by atoms with E-state index < -0.39 is 0 Å². The van der Waals surface area contributed by atoms with Gasteiger partial charge in [-0.25, -0.2) is 0 Å². The summed E-state index contributed by atoms with van der Waals surface area (Å²) in [5, 5.41) is 0. The van der Waals surface area contributed by atoms with Crippen molar-refractivity contribution in [2.24, 2.45) is 0 Å². The molecule has 0 aromatic carbocycles. The van der Waals surface area contributed by atoms with Crippen molar-refractivity contribution >= 4 is 0 Å². The molecule has 0 aromatic rings. The van der Waals surface area contributed by atoms with Crippen LogP contribution in [0.4, 0.5) is 0 Å². The molecule has 1 saturated carbocycles. The minimum absolute atomic E-state index is 0.295. The molecule has 2 fully saturated rings. The van der Waals surface area contributed by atoms with Gasteiger partial charge in [0.15, 0.2) is 5.79 Å². The smallest absolute Gasteiger partial charge is 0.169 e. The first-order valence-electron chi connectivity index (χ1n) is 21.9. The van der Waals surface area contributed by atoms with Crippen molar-refractivity contribution < 1.29 is 14.0 Å². The summed E-state index contributed by atoms with van der Waals surface area (Å²) in [6, 6.07) is 0.662. The van der Waals surface area contributed by atoms with Crippen LogP contribution in [0.25, 0.3) is 0 Å². The Bertz CT molecular complexity index is 768. The molecule has 0 aromatic heterocycles. The molecule has 2 unspecified atom stereocenters. The molecule has 2 aliphatic rings. The third kappa shape index (κ3) is 20.9. The minimum atomic E-state index is -0.295. The van der Waals surface area contributed by atoms with E-state index in [9.17, 15) is 0 Å². The van der Waals surface area contributed by atoms with Gasteiger partial charge in [0, 0.05) is 25.7 Å². The molecule has 1 aliphatic carbocycles. The fourth-order valence-electron chi connectivity index (χ4n) is 8.08. The van der Waals surface area contributed by atoms with Crippen molar-refractivity contribution in [1.29, 1.82) is 0 Å². The number of quaternary nitrogens is 1. The third-order valence-corrected chi connectivity index (χ3v) is 11.4. The molecular weight excluding hydrogens is 587 g/mol. The van der Waals surface area contributed by atoms with Gasteiger partial charge in [0.25, 0.3) is 0 Å². The average molecular weight is 673 g/mol. The number of hydrogen-bond acceptors (Lipinski definition) is 2. The summed E-state index contributed by atoms with van der Waals surface area (Å²) >= 11 is 0. The van der Waals surface area contributed by atoms with E-state index >= 15 is 0 Å². The lowest BCUT2D eigenvalue weighted by Crippen LogP contribution is -2.45. The van der Waals surface area contributed by atoms with Crippen molar-refractivity contribution in [3.8, 4) is 0 Å². The summed E-state index contributed by atoms with van der Waals surface area (Å²) in [5.41, 5.74) is 0. The highest BCUT2D eigenvalue weighted by atomic mass is 16.8. The lowest BCUT2D eigenvalue weighted by molar-refractivity contribution is -0.895. The van der Waals surface area contributed by atoms with E-state index in [1.807, 2.05) is 0 Å². The van der Waals surface area contributed by atoms with E-state index in [1.54, 1.807) is 0 Å². The Morgan fingerprint density at radius 3 is 1.19 bits per heavy atom. The molecule has 2 rings (SSSR count). The van der Waals surface area contributed by atoms with Crippen molar-refractivity contribution in [3.63, 3.8) is 0 Å². The Morgan fingerprint density at radius 1 is 0.458 bits per heavy atom. The molecule has 1 aliphatic heterocycles. The highest BCUT2D eigenvalue weighted by Crippen LogP contribution is 2.45. The van der Waals surface area contributed by atoms with Gasteiger partial charge in [-0.2, -0.15) is 0 Å². The lowest BCUT2D eigenvalue weighted by Gasteiger charge is -2.34. The van der Waals surface area contributed by atoms with E-state index in [2.05, 4.69) is 59.3 Å². The maximum atomic E-state index is 6.90. The second-order valence-electron chi connectivity index (χ2n) is 16.9. The van der Waals surface area contributed by atoms with Crippen LogP contribution in [0.2, 0.25) is 0 Å². The predicted molar refractivity (Wildman–Crippen MR) is 212 cm³/mol. The van der Waals surface area contributed by atoms with E-state index in [1.165, 1.54) is 186 Å². The fourth-order valence-corrected chi connectivity index (χ4v) is 8.08. The summed E-state index contributed by atoms with van der Waals surface area (Å²) in [5.74, 6) is -0.295. The number of hydrogen-bond donors (Lipinski definition) is 0. The largest absolute Gasteiger partial charge is 0.344 e. The van der Waals surface area contributed by atoms with Crippen LogP contribution >= 0.6 is 0 Å². The van der Waals surface area contributed by atoms with E-state index in [-0.39, 0.29) is 5.79 Å². The Morgan fingerprint density at radius 2 is 0.792 bits per heavy atom. The normalized spacial score (nSPS) is 22.9. The third-order valence-electron chi connectivity index (χ3n) is 11.4. The highest BCUT2D eigenvalue weighted by Gasteiger charge is 2.53. The van der Waals surface area contributed by atoms with Crippen molar-refractivity contribution in [2.45, 2.75) is 243 Å². The molecule has 0 radical (unpaired) electrons. The molecule has 1 saturated heterocycles. The van der Waals surface area contributed by atoms with Crippen molar-refractivity contribution in [3.05, 3.63) is 24.3 Å². The molecule has 0 amide bonds. The van der Waals surface area contributed by atoms with Crippen LogP contribution in [-0.2, 0) is 9.47 Å². The molecule has 0 bridgehead atoms. The quantitative estimate of drug-likeness (QED) is 0.0392. The Hall–Kier alpha value is -0.640. The second-order valence-corrected chi connectivity index (χ2v) is 16.9. The molecule has 0 spiro atoms. The standard InChI is InChI=1S/C45H86NO2/c1-6-8-10-12-14-16-18-20-22-24-26-28-30-32-34-36-38-45(47-43-40-42(46(3,4)5)41-44(43)48-45)39-37-35-33-31-29-27-25-23-21-19-17-15-13-11-9-7-2/h14,16,20,22,42-44H,6-13,15,17-19,21,23-41H2,1-5H3/q+1/b16-14-,22-20-/t42?,43-,44+,45?. The van der Waals surface area contributed by atoms with E-state index in [0.717, 1.165) is 23.7 Å². The number of ether oxygens (including phenoxy) is 2. The number of allylic oxidation sites excluding steroid dienone is 4. The van der Waals surface area contributed by atoms with E-state index in [4.69, 9.17) is 9.47 Å². The number of nitrogens with zero attached hydrogens (tertiary/aromatic N) is 1. The van der Waals surface area contributed by atoms with Gasteiger partial charge in [-0.15, -0.1) is 0 Å². The van der Waals surface area contributed by atoms with Gasteiger partial charge in [-0.1, -0.05) is 173 Å². The topological polar surface area (TPSA) is 18.5 Å². The average Bonchev–Trinajstić information content (AvgIpc) is 3.61. The zero-order chi connectivity index (χ0) is 34.6. The Balaban J connectivity index is 1.55. The van der Waals surface area contributed by atoms with Crippen LogP contribution < -0.4 is 0 Å². The second kappa shape index (κ2) is 28.0. The maximum absolute atomic E-state index is 6.90. The lowest BCUT2D eigenvalue weighted by atomic mass is 9.98. The molecule has 3 nitrogen and oxygen atoms in total. The van der Waals surface area contributed by atoms with Crippen LogP contribution in [0.15, 0.2) is 24.3 Å². The molecule has 0 N–H and O–H groups in total. The van der Waals surface area contributed by atoms with Gasteiger partial charge < -0.3 is 14.0 Å². The van der Waals surface area contributed by atoms with E-state index in [0.29, 0.717) is 18.2 Å². The first-order valence-corrected chi connectivity index (χ1v) is 21.9. The zero-order valence-corrected chi connectivity index (χ0v) is 33.4. The summed E-state index contributed by atoms with van der Waals surface area (Å²) in [6.45, 7) is 4.58. The van der Waals surface area contributed by atoms with Crippen LogP contribution in [-0.4, -0.2) is 49.7 Å². The Labute approximate surface area is 302 Å². The minimum Gasteiger partial charge on any atom is -0.344 e. The number of unbranched alkanes of at least 4 members (excludes halogenated alkanes) is 24. The van der Waals surface area contributed by atoms with Crippen LogP contribution in [0.3, 0.4) is 0 Å². The molecule has 3 heteroatoms. The van der Waals surface area contributed by atoms with Crippen LogP contribution in [0.1, 0.15) is 219 Å². The predicted octanol–water partition coefficient (Wildman–Crippen LogP) is 14.2. The molecule has 48 heavy (non-hydrogen) atoms. The van der Waals surface area contributed by atoms with Gasteiger partial charge in [-0.05, 0) is 44.9 Å². The summed E-state index contributed by atoms with van der Waals surface area (Å²) < 4.78 is 14.8. The molecule has 4 atom stereocenters. The molecule has 282 valence electrons. The maximum Gasteiger partial charge on any atom is 0.169 e. The molecule has 1 heterocycles.